The zero-order valence-electron chi connectivity index (χ0n) is 20.0. The molecule has 2 N–H and O–H groups in total. The number of hydrogen-bond donors (Lipinski definition) is 2. The Hall–Kier alpha value is -3.90. The first-order valence-electron chi connectivity index (χ1n) is 11.6. The predicted molar refractivity (Wildman–Crippen MR) is 128 cm³/mol. The van der Waals surface area contributed by atoms with Gasteiger partial charge in [0.1, 0.15) is 17.3 Å². The molecule has 1 aliphatic rings. The average molecular weight is 513 g/mol. The van der Waals surface area contributed by atoms with E-state index in [1.807, 2.05) is 0 Å². The number of nitrogens with one attached hydrogen (secondary N) is 1. The van der Waals surface area contributed by atoms with Crippen LogP contribution in [0, 0.1) is 23.3 Å². The second-order valence-corrected chi connectivity index (χ2v) is 9.13. The Morgan fingerprint density at radius 1 is 0.919 bits per heavy atom. The van der Waals surface area contributed by atoms with Gasteiger partial charge >= 0.3 is 0 Å². The lowest BCUT2D eigenvalue weighted by molar-refractivity contribution is -0.0105. The second kappa shape index (κ2) is 9.52. The molecule has 1 saturated heterocycles. The fourth-order valence-electron chi connectivity index (χ4n) is 4.29. The quantitative estimate of drug-likeness (QED) is 0.393. The third-order valence-electron chi connectivity index (χ3n) is 6.10. The highest BCUT2D eigenvalue weighted by molar-refractivity contribution is 5.84. The molecule has 0 radical (unpaired) electrons. The lowest BCUT2D eigenvalue weighted by Crippen LogP contribution is -2.43. The predicted octanol–water partition coefficient (Wildman–Crippen LogP) is 3.72. The van der Waals surface area contributed by atoms with E-state index in [4.69, 9.17) is 0 Å². The molecule has 5 rings (SSSR count). The van der Waals surface area contributed by atoms with E-state index in [0.29, 0.717) is 6.07 Å². The minimum Gasteiger partial charge on any atom is -0.369 e. The molecule has 0 bridgehead atoms. The van der Waals surface area contributed by atoms with Crippen molar-refractivity contribution in [1.82, 2.24) is 30.5 Å². The summed E-state index contributed by atoms with van der Waals surface area (Å²) < 4.78 is 60.8. The van der Waals surface area contributed by atoms with E-state index in [-0.39, 0.29) is 28.2 Å². The van der Waals surface area contributed by atoms with Crippen molar-refractivity contribution in [2.24, 2.45) is 0 Å². The van der Waals surface area contributed by atoms with Gasteiger partial charge < -0.3 is 15.3 Å². The van der Waals surface area contributed by atoms with Gasteiger partial charge in [-0.05, 0) is 54.1 Å². The van der Waals surface area contributed by atoms with Gasteiger partial charge in [0.05, 0.1) is 5.69 Å². The Labute approximate surface area is 209 Å². The number of halogens is 4. The molecule has 1 aliphatic heterocycles. The molecule has 192 valence electrons. The van der Waals surface area contributed by atoms with Crippen molar-refractivity contribution in [2.75, 3.05) is 31.1 Å². The number of benzene rings is 2. The van der Waals surface area contributed by atoms with Crippen LogP contribution in [0.2, 0.25) is 0 Å². The van der Waals surface area contributed by atoms with Crippen molar-refractivity contribution in [3.8, 4) is 33.9 Å². The number of tetrazole rings is 1. The molecule has 0 aliphatic carbocycles. The van der Waals surface area contributed by atoms with Crippen molar-refractivity contribution < 1.29 is 22.7 Å². The van der Waals surface area contributed by atoms with Crippen LogP contribution in [0.1, 0.15) is 13.8 Å². The van der Waals surface area contributed by atoms with Gasteiger partial charge in [0.2, 0.25) is 5.82 Å². The Bertz CT molecular complexity index is 1440. The minimum absolute atomic E-state index is 0.245. The first-order chi connectivity index (χ1) is 17.6. The third kappa shape index (κ3) is 4.65. The molecule has 0 unspecified atom stereocenters. The monoisotopic (exact) mass is 513 g/mol. The molecule has 3 heterocycles. The first-order valence-corrected chi connectivity index (χ1v) is 11.6. The molecule has 0 amide bonds. The SMILES string of the molecule is CC(C)(O)n1nnnc1-c1nc(-c2ccc(F)cc2F)c(-c2ccc(N3CCNCC3)cc2)c(F)c1F. The number of aromatic nitrogens is 5. The molecule has 1 fully saturated rings. The van der Waals surface area contributed by atoms with Crippen LogP contribution in [-0.4, -0.2) is 56.5 Å². The lowest BCUT2D eigenvalue weighted by Gasteiger charge is -2.29. The summed E-state index contributed by atoms with van der Waals surface area (Å²) in [6.07, 6.45) is 0. The maximum Gasteiger partial charge on any atom is 0.206 e. The van der Waals surface area contributed by atoms with Crippen LogP contribution < -0.4 is 10.2 Å². The molecule has 12 heteroatoms. The minimum atomic E-state index is -1.68. The van der Waals surface area contributed by atoms with Gasteiger partial charge in [-0.3, -0.25) is 0 Å². The van der Waals surface area contributed by atoms with Crippen LogP contribution in [-0.2, 0) is 5.72 Å². The first kappa shape index (κ1) is 24.8. The third-order valence-corrected chi connectivity index (χ3v) is 6.10. The zero-order chi connectivity index (χ0) is 26.3. The molecule has 0 atom stereocenters. The van der Waals surface area contributed by atoms with Gasteiger partial charge in [-0.2, -0.15) is 4.68 Å². The zero-order valence-corrected chi connectivity index (χ0v) is 20.0. The normalized spacial score (nSPS) is 14.3. The van der Waals surface area contributed by atoms with E-state index in [9.17, 15) is 13.9 Å². The summed E-state index contributed by atoms with van der Waals surface area (Å²) in [5.74, 6) is -4.91. The Morgan fingerprint density at radius 2 is 1.62 bits per heavy atom. The highest BCUT2D eigenvalue weighted by atomic mass is 19.2. The highest BCUT2D eigenvalue weighted by Crippen LogP contribution is 2.39. The molecule has 0 saturated carbocycles. The Balaban J connectivity index is 1.71. The fraction of sp³-hybridized carbons (Fsp3) is 0.280. The summed E-state index contributed by atoms with van der Waals surface area (Å²) in [7, 11) is 0. The summed E-state index contributed by atoms with van der Waals surface area (Å²) in [5.41, 5.74) is -1.99. The van der Waals surface area contributed by atoms with Crippen molar-refractivity contribution in [3.63, 3.8) is 0 Å². The molecular formula is C25H23F4N7O. The number of pyridine rings is 1. The molecule has 0 spiro atoms. The van der Waals surface area contributed by atoms with Crippen LogP contribution in [0.4, 0.5) is 23.2 Å². The van der Waals surface area contributed by atoms with E-state index in [0.717, 1.165) is 48.7 Å². The summed E-state index contributed by atoms with van der Waals surface area (Å²) >= 11 is 0. The van der Waals surface area contributed by atoms with E-state index in [2.05, 4.69) is 30.7 Å². The summed E-state index contributed by atoms with van der Waals surface area (Å²) in [6.45, 7) is 5.92. The molecular weight excluding hydrogens is 490 g/mol. The topological polar surface area (TPSA) is 92.0 Å². The second-order valence-electron chi connectivity index (χ2n) is 9.13. The van der Waals surface area contributed by atoms with Gasteiger partial charge in [-0.1, -0.05) is 12.1 Å². The van der Waals surface area contributed by atoms with Gasteiger partial charge in [0.25, 0.3) is 0 Å². The number of rotatable bonds is 5. The smallest absolute Gasteiger partial charge is 0.206 e. The average Bonchev–Trinajstić information content (AvgIpc) is 3.37. The number of piperazine rings is 1. The Morgan fingerprint density at radius 3 is 2.27 bits per heavy atom. The molecule has 37 heavy (non-hydrogen) atoms. The van der Waals surface area contributed by atoms with Gasteiger partial charge in [-0.25, -0.2) is 22.5 Å². The maximum atomic E-state index is 15.8. The van der Waals surface area contributed by atoms with Gasteiger partial charge in [0, 0.05) is 49.1 Å². The van der Waals surface area contributed by atoms with Gasteiger partial charge in [0.15, 0.2) is 17.4 Å². The molecule has 8 nitrogen and oxygen atoms in total. The Kier molecular flexibility index (Phi) is 6.38. The van der Waals surface area contributed by atoms with Crippen LogP contribution >= 0.6 is 0 Å². The van der Waals surface area contributed by atoms with Crippen LogP contribution in [0.15, 0.2) is 42.5 Å². The van der Waals surface area contributed by atoms with E-state index in [1.165, 1.54) is 13.8 Å². The maximum absolute atomic E-state index is 15.8. The van der Waals surface area contributed by atoms with Crippen LogP contribution in [0.25, 0.3) is 33.9 Å². The molecule has 2 aromatic heterocycles. The van der Waals surface area contributed by atoms with E-state index < -0.39 is 34.7 Å². The van der Waals surface area contributed by atoms with Gasteiger partial charge in [-0.15, -0.1) is 5.10 Å². The van der Waals surface area contributed by atoms with E-state index in [1.54, 1.807) is 24.3 Å². The van der Waals surface area contributed by atoms with Crippen molar-refractivity contribution in [2.45, 2.75) is 19.6 Å². The van der Waals surface area contributed by atoms with Crippen molar-refractivity contribution in [3.05, 3.63) is 65.7 Å². The largest absolute Gasteiger partial charge is 0.369 e. The van der Waals surface area contributed by atoms with Crippen molar-refractivity contribution in [1.29, 1.82) is 0 Å². The van der Waals surface area contributed by atoms with E-state index >= 15 is 8.78 Å². The van der Waals surface area contributed by atoms with Crippen molar-refractivity contribution >= 4 is 5.69 Å². The highest BCUT2D eigenvalue weighted by Gasteiger charge is 2.30. The number of anilines is 1. The van der Waals surface area contributed by atoms with Crippen LogP contribution in [0.3, 0.4) is 0 Å². The number of aliphatic hydroxyl groups is 1. The molecule has 2 aromatic carbocycles. The standard InChI is InChI=1S/C25H23F4N7O/c1-25(2,37)36-24(32-33-34-36)23-21(29)20(28)19(22(31-23)17-8-5-15(26)13-18(17)27)14-3-6-16(7-4-14)35-11-9-30-10-12-35/h3-8,13,30,37H,9-12H2,1-2H3. The van der Waals surface area contributed by atoms with Crippen LogP contribution in [0.5, 0.6) is 0 Å². The molecule has 4 aromatic rings. The summed E-state index contributed by atoms with van der Waals surface area (Å²) in [6, 6.07) is 9.48. The summed E-state index contributed by atoms with van der Waals surface area (Å²) in [5, 5.41) is 24.4. The number of nitrogens with zero attached hydrogens (tertiary/aromatic N) is 6. The number of hydrogen-bond acceptors (Lipinski definition) is 7. The summed E-state index contributed by atoms with van der Waals surface area (Å²) in [4.78, 5) is 6.38. The fourth-order valence-corrected chi connectivity index (χ4v) is 4.29. The lowest BCUT2D eigenvalue weighted by atomic mass is 9.97.